The number of aromatic nitrogens is 1. The topological polar surface area (TPSA) is 291 Å². The van der Waals surface area contributed by atoms with Crippen LogP contribution in [-0.2, 0) is 35.3 Å². The number of nitrogens with zero attached hydrogens (tertiary/aromatic N) is 1. The predicted octanol–water partition coefficient (Wildman–Crippen LogP) is 1.10. The van der Waals surface area contributed by atoms with Crippen LogP contribution in [0, 0.1) is 5.92 Å². The number of carboxylic acid groups (broad SMARTS) is 4. The van der Waals surface area contributed by atoms with Gasteiger partial charge in [0.2, 0.25) is 11.8 Å². The lowest BCUT2D eigenvalue weighted by atomic mass is 10.0. The zero-order valence-corrected chi connectivity index (χ0v) is 26.7. The Morgan fingerprint density at radius 1 is 0.898 bits per heavy atom. The van der Waals surface area contributed by atoms with Crippen LogP contribution in [0.1, 0.15) is 43.2 Å². The summed E-state index contributed by atoms with van der Waals surface area (Å²) in [6.45, 7) is 3.86. The van der Waals surface area contributed by atoms with Crippen molar-refractivity contribution in [2.24, 2.45) is 5.92 Å². The van der Waals surface area contributed by atoms with Gasteiger partial charge in [-0.15, -0.1) is 11.3 Å². The van der Waals surface area contributed by atoms with Crippen molar-refractivity contribution in [1.82, 2.24) is 26.3 Å². The molecule has 0 radical (unpaired) electrons. The highest BCUT2D eigenvalue weighted by molar-refractivity contribution is 7.14. The zero-order valence-electron chi connectivity index (χ0n) is 25.9. The fourth-order valence-corrected chi connectivity index (χ4v) is 3.69. The maximum absolute atomic E-state index is 12.4. The molecular formula is C27H33F3N6O12S. The third-order valence-electron chi connectivity index (χ3n) is 5.17. The molecule has 0 saturated carbocycles. The second kappa shape index (κ2) is 21.1. The largest absolute Gasteiger partial charge is 0.490 e. The first-order valence-corrected chi connectivity index (χ1v) is 14.4. The number of alkyl halides is 3. The first-order chi connectivity index (χ1) is 22.6. The summed E-state index contributed by atoms with van der Waals surface area (Å²) in [7, 11) is 0. The number of carbonyl (C=O) groups is 8. The molecule has 5 amide bonds. The van der Waals surface area contributed by atoms with Crippen LogP contribution < -0.4 is 26.6 Å². The number of benzene rings is 1. The van der Waals surface area contributed by atoms with Gasteiger partial charge in [0.1, 0.15) is 17.8 Å². The van der Waals surface area contributed by atoms with Crippen molar-refractivity contribution in [2.45, 2.75) is 52.0 Å². The number of carbonyl (C=O) groups excluding carboxylic acids is 4. The van der Waals surface area contributed by atoms with Gasteiger partial charge in [-0.05, 0) is 11.5 Å². The maximum Gasteiger partial charge on any atom is 0.490 e. The van der Waals surface area contributed by atoms with Crippen LogP contribution in [0.15, 0.2) is 35.7 Å². The summed E-state index contributed by atoms with van der Waals surface area (Å²) in [5.41, 5.74) is 0.812. The Morgan fingerprint density at radius 3 is 1.92 bits per heavy atom. The maximum atomic E-state index is 12.4. The van der Waals surface area contributed by atoms with Gasteiger partial charge in [-0.25, -0.2) is 19.4 Å². The smallest absolute Gasteiger partial charge is 0.481 e. The zero-order chi connectivity index (χ0) is 37.9. The summed E-state index contributed by atoms with van der Waals surface area (Å²) < 4.78 is 31.7. The van der Waals surface area contributed by atoms with Gasteiger partial charge < -0.3 is 41.7 Å². The molecule has 0 aliphatic heterocycles. The van der Waals surface area contributed by atoms with Gasteiger partial charge >= 0.3 is 30.1 Å². The van der Waals surface area contributed by atoms with Crippen molar-refractivity contribution in [2.75, 3.05) is 11.9 Å². The Kier molecular flexibility index (Phi) is 18.6. The van der Waals surface area contributed by atoms with E-state index in [-0.39, 0.29) is 17.4 Å². The Labute approximate surface area is 279 Å². The van der Waals surface area contributed by atoms with Gasteiger partial charge in [-0.2, -0.15) is 13.2 Å². The van der Waals surface area contributed by atoms with Crippen LogP contribution in [-0.4, -0.2) is 97.8 Å². The van der Waals surface area contributed by atoms with E-state index in [9.17, 15) is 47.0 Å². The van der Waals surface area contributed by atoms with Gasteiger partial charge in [0.05, 0.1) is 13.0 Å². The lowest BCUT2D eigenvalue weighted by molar-refractivity contribution is -0.192. The van der Waals surface area contributed by atoms with Crippen molar-refractivity contribution >= 4 is 64.1 Å². The summed E-state index contributed by atoms with van der Waals surface area (Å²) in [6, 6.07) is 5.83. The molecule has 0 unspecified atom stereocenters. The lowest BCUT2D eigenvalue weighted by Crippen LogP contribution is -2.54. The second-order valence-electron chi connectivity index (χ2n) is 9.62. The number of halogens is 3. The quantitative estimate of drug-likeness (QED) is 0.140. The molecule has 0 bridgehead atoms. The van der Waals surface area contributed by atoms with E-state index in [0.717, 1.165) is 23.8 Å². The van der Waals surface area contributed by atoms with Crippen molar-refractivity contribution < 1.29 is 72.0 Å². The van der Waals surface area contributed by atoms with Gasteiger partial charge in [0.15, 0.2) is 5.13 Å². The molecule has 22 heteroatoms. The summed E-state index contributed by atoms with van der Waals surface area (Å²) in [4.78, 5) is 93.4. The first-order valence-electron chi connectivity index (χ1n) is 13.5. The Balaban J connectivity index is 0.00000180. The predicted molar refractivity (Wildman–Crippen MR) is 162 cm³/mol. The fourth-order valence-electron chi connectivity index (χ4n) is 3.00. The first kappa shape index (κ1) is 43.2. The Hall–Kier alpha value is -5.80. The minimum Gasteiger partial charge on any atom is -0.481 e. The van der Waals surface area contributed by atoms with Crippen LogP contribution in [0.2, 0.25) is 0 Å². The summed E-state index contributed by atoms with van der Waals surface area (Å²) >= 11 is 0.983. The lowest BCUT2D eigenvalue weighted by Gasteiger charge is -2.22. The molecule has 1 aromatic heterocycles. The van der Waals surface area contributed by atoms with Crippen LogP contribution in [0.3, 0.4) is 0 Å². The molecule has 1 aromatic carbocycles. The average molecular weight is 723 g/mol. The molecule has 2 aromatic rings. The monoisotopic (exact) mass is 722 g/mol. The van der Waals surface area contributed by atoms with Crippen LogP contribution in [0.4, 0.5) is 23.1 Å². The average Bonchev–Trinajstić information content (AvgIpc) is 3.45. The number of carboxylic acids is 4. The van der Waals surface area contributed by atoms with E-state index in [1.54, 1.807) is 13.8 Å². The number of anilines is 1. The highest BCUT2D eigenvalue weighted by atomic mass is 32.1. The summed E-state index contributed by atoms with van der Waals surface area (Å²) in [5, 5.41) is 46.1. The molecule has 0 aliphatic rings. The second-order valence-corrected chi connectivity index (χ2v) is 10.5. The summed E-state index contributed by atoms with van der Waals surface area (Å²) in [5.74, 6) is -9.43. The van der Waals surface area contributed by atoms with Crippen molar-refractivity contribution in [3.63, 3.8) is 0 Å². The molecule has 2 rings (SSSR count). The molecule has 0 aliphatic carbocycles. The van der Waals surface area contributed by atoms with Gasteiger partial charge in [-0.3, -0.25) is 29.3 Å². The van der Waals surface area contributed by atoms with E-state index >= 15 is 0 Å². The number of nitrogens with one attached hydrogen (secondary N) is 5. The molecular weight excluding hydrogens is 689 g/mol. The SMILES string of the molecule is CC(=O)O.CC(C)[C@H](NC(=O)[C@H](CC(=O)O)NC(=O)CNC(=O)c1csc(NC(=O)NCc2ccccc2)n1)C(=O)O.O=C(O)C(F)(F)F. The third kappa shape index (κ3) is 19.5. The molecule has 270 valence electrons. The molecule has 0 fully saturated rings. The van der Waals surface area contributed by atoms with Crippen molar-refractivity contribution in [3.8, 4) is 0 Å². The number of aliphatic carboxylic acids is 4. The molecule has 2 atom stereocenters. The highest BCUT2D eigenvalue weighted by Gasteiger charge is 2.38. The number of hydrogen-bond donors (Lipinski definition) is 9. The van der Waals surface area contributed by atoms with Gasteiger partial charge in [-0.1, -0.05) is 44.2 Å². The van der Waals surface area contributed by atoms with Crippen molar-refractivity contribution in [3.05, 3.63) is 47.0 Å². The standard InChI is InChI=1S/C23H28N6O8S.C2HF3O2.C2H4O2/c1-12(2)18(21(35)36)28-20(34)14(8-17(31)32)26-16(30)10-24-19(33)15-11-38-23(27-15)29-22(37)25-9-13-6-4-3-5-7-13;3-2(4,5)1(6)7;1-2(3)4/h3-7,11-12,14,18H,8-10H2,1-2H3,(H,24,33)(H,26,30)(H,28,34)(H,31,32)(H,35,36)(H2,25,27,29,37);(H,6,7);1H3,(H,3,4)/t14-,18-;;/m0../s1. The Bertz CT molecular complexity index is 1470. The Morgan fingerprint density at radius 2 is 1.45 bits per heavy atom. The van der Waals surface area contributed by atoms with E-state index in [2.05, 4.69) is 31.6 Å². The van der Waals surface area contributed by atoms with E-state index in [1.807, 2.05) is 30.3 Å². The van der Waals surface area contributed by atoms with E-state index in [0.29, 0.717) is 0 Å². The van der Waals surface area contributed by atoms with Crippen LogP contribution >= 0.6 is 11.3 Å². The number of amides is 5. The summed E-state index contributed by atoms with van der Waals surface area (Å²) in [6.07, 6.45) is -5.89. The molecule has 1 heterocycles. The van der Waals surface area contributed by atoms with Crippen LogP contribution in [0.25, 0.3) is 0 Å². The normalized spacial score (nSPS) is 11.5. The third-order valence-corrected chi connectivity index (χ3v) is 5.92. The van der Waals surface area contributed by atoms with Gasteiger partial charge in [0, 0.05) is 18.8 Å². The van der Waals surface area contributed by atoms with E-state index < -0.39 is 84.8 Å². The van der Waals surface area contributed by atoms with Crippen molar-refractivity contribution in [1.29, 1.82) is 0 Å². The number of urea groups is 1. The minimum atomic E-state index is -5.08. The number of rotatable bonds is 13. The minimum absolute atomic E-state index is 0.0813. The number of thiazole rings is 1. The molecule has 9 N–H and O–H groups in total. The van der Waals surface area contributed by atoms with Crippen LogP contribution in [0.5, 0.6) is 0 Å². The highest BCUT2D eigenvalue weighted by Crippen LogP contribution is 2.15. The molecule has 0 saturated heterocycles. The molecule has 49 heavy (non-hydrogen) atoms. The fraction of sp³-hybridized carbons (Fsp3) is 0.370. The van der Waals surface area contributed by atoms with E-state index in [4.69, 9.17) is 24.9 Å². The molecule has 0 spiro atoms. The molecule has 18 nitrogen and oxygen atoms in total. The van der Waals surface area contributed by atoms with E-state index in [1.165, 1.54) is 5.38 Å². The number of hydrogen-bond acceptors (Lipinski definition) is 10. The van der Waals surface area contributed by atoms with Gasteiger partial charge in [0.25, 0.3) is 11.9 Å².